The van der Waals surface area contributed by atoms with E-state index in [1.807, 2.05) is 24.3 Å². The maximum Gasteiger partial charge on any atom is 0.344 e. The molecular formula is C23H30N6O3. The Balaban J connectivity index is 1.26. The zero-order chi connectivity index (χ0) is 22.6. The van der Waals surface area contributed by atoms with Crippen molar-refractivity contribution in [2.75, 3.05) is 32.7 Å². The van der Waals surface area contributed by atoms with E-state index < -0.39 is 11.6 Å². The summed E-state index contributed by atoms with van der Waals surface area (Å²) >= 11 is 0. The monoisotopic (exact) mass is 438 g/mol. The zero-order valence-corrected chi connectivity index (χ0v) is 18.3. The Labute approximate surface area is 188 Å². The molecule has 0 radical (unpaired) electrons. The van der Waals surface area contributed by atoms with Crippen molar-refractivity contribution in [1.29, 1.82) is 5.26 Å². The van der Waals surface area contributed by atoms with Gasteiger partial charge in [-0.1, -0.05) is 31.4 Å². The number of benzene rings is 1. The number of hydrogen-bond donors (Lipinski definition) is 2. The summed E-state index contributed by atoms with van der Waals surface area (Å²) in [5, 5.41) is 12.6. The van der Waals surface area contributed by atoms with Gasteiger partial charge in [-0.05, 0) is 50.0 Å². The molecule has 32 heavy (non-hydrogen) atoms. The van der Waals surface area contributed by atoms with Crippen LogP contribution in [0.2, 0.25) is 0 Å². The Morgan fingerprint density at radius 2 is 1.69 bits per heavy atom. The highest BCUT2D eigenvalue weighted by Crippen LogP contribution is 2.32. The van der Waals surface area contributed by atoms with Crippen molar-refractivity contribution < 1.29 is 14.4 Å². The topological polar surface area (TPSA) is 109 Å². The van der Waals surface area contributed by atoms with E-state index in [4.69, 9.17) is 5.26 Å². The molecule has 9 nitrogen and oxygen atoms in total. The van der Waals surface area contributed by atoms with Gasteiger partial charge in [0.1, 0.15) is 5.54 Å². The maximum absolute atomic E-state index is 12.8. The van der Waals surface area contributed by atoms with Gasteiger partial charge in [0, 0.05) is 19.6 Å². The second-order valence-corrected chi connectivity index (χ2v) is 8.96. The number of carbonyl (C=O) groups excluding carboxylic acids is 3. The van der Waals surface area contributed by atoms with Crippen LogP contribution in [-0.4, -0.2) is 70.9 Å². The summed E-state index contributed by atoms with van der Waals surface area (Å²) in [6.07, 6.45) is 5.06. The highest BCUT2D eigenvalue weighted by atomic mass is 16.2. The number of hydrazine groups is 1. The zero-order valence-electron chi connectivity index (χ0n) is 18.3. The normalized spacial score (nSPS) is 21.8. The SMILES string of the molecule is N#Cc1ccc(CN2CCCN(CC(=O)NN3C(=O)NC4(CCCCC4)C3=O)CC2)cc1. The van der Waals surface area contributed by atoms with E-state index in [2.05, 4.69) is 26.6 Å². The number of nitriles is 1. The van der Waals surface area contributed by atoms with E-state index in [-0.39, 0.29) is 18.4 Å². The van der Waals surface area contributed by atoms with Crippen LogP contribution < -0.4 is 10.7 Å². The quantitative estimate of drug-likeness (QED) is 0.672. The van der Waals surface area contributed by atoms with Crippen LogP contribution in [0, 0.1) is 11.3 Å². The Kier molecular flexibility index (Phi) is 6.72. The second-order valence-electron chi connectivity index (χ2n) is 8.96. The van der Waals surface area contributed by atoms with Gasteiger partial charge < -0.3 is 5.32 Å². The number of urea groups is 1. The average molecular weight is 439 g/mol. The molecule has 3 aliphatic rings. The van der Waals surface area contributed by atoms with Crippen LogP contribution in [0.4, 0.5) is 4.79 Å². The predicted molar refractivity (Wildman–Crippen MR) is 117 cm³/mol. The Hall–Kier alpha value is -2.96. The molecular weight excluding hydrogens is 408 g/mol. The van der Waals surface area contributed by atoms with Crippen molar-refractivity contribution in [1.82, 2.24) is 25.6 Å². The molecule has 0 atom stereocenters. The third-order valence-electron chi connectivity index (χ3n) is 6.64. The molecule has 4 amide bonds. The van der Waals surface area contributed by atoms with Crippen molar-refractivity contribution in [3.05, 3.63) is 35.4 Å². The number of amides is 4. The molecule has 0 bridgehead atoms. The lowest BCUT2D eigenvalue weighted by Gasteiger charge is -2.30. The van der Waals surface area contributed by atoms with Crippen LogP contribution in [0.3, 0.4) is 0 Å². The first-order valence-electron chi connectivity index (χ1n) is 11.4. The number of imide groups is 1. The van der Waals surface area contributed by atoms with Gasteiger partial charge in [-0.15, -0.1) is 0 Å². The first-order valence-corrected chi connectivity index (χ1v) is 11.4. The highest BCUT2D eigenvalue weighted by Gasteiger charge is 2.52. The minimum Gasteiger partial charge on any atom is -0.322 e. The first kappa shape index (κ1) is 22.2. The highest BCUT2D eigenvalue weighted by molar-refractivity contribution is 6.08. The summed E-state index contributed by atoms with van der Waals surface area (Å²) < 4.78 is 0. The van der Waals surface area contributed by atoms with Crippen molar-refractivity contribution in [3.8, 4) is 6.07 Å². The molecule has 2 N–H and O–H groups in total. The maximum atomic E-state index is 12.8. The molecule has 9 heteroatoms. The molecule has 2 aliphatic heterocycles. The third kappa shape index (κ3) is 4.92. The largest absolute Gasteiger partial charge is 0.344 e. The van der Waals surface area contributed by atoms with Crippen LogP contribution >= 0.6 is 0 Å². The van der Waals surface area contributed by atoms with Gasteiger partial charge in [-0.2, -0.15) is 10.3 Å². The second kappa shape index (κ2) is 9.67. The number of hydrogen-bond acceptors (Lipinski definition) is 6. The van der Waals surface area contributed by atoms with E-state index in [1.165, 1.54) is 0 Å². The van der Waals surface area contributed by atoms with Crippen LogP contribution in [0.5, 0.6) is 0 Å². The van der Waals surface area contributed by atoms with Gasteiger partial charge >= 0.3 is 6.03 Å². The molecule has 1 saturated carbocycles. The molecule has 1 aromatic carbocycles. The lowest BCUT2D eigenvalue weighted by Crippen LogP contribution is -2.52. The summed E-state index contributed by atoms with van der Waals surface area (Å²) in [7, 11) is 0. The minimum atomic E-state index is -0.836. The van der Waals surface area contributed by atoms with Crippen LogP contribution in [-0.2, 0) is 16.1 Å². The molecule has 2 saturated heterocycles. The number of nitrogens with one attached hydrogen (secondary N) is 2. The van der Waals surface area contributed by atoms with Gasteiger partial charge in [0.25, 0.3) is 11.8 Å². The van der Waals surface area contributed by atoms with Crippen LogP contribution in [0.1, 0.15) is 49.7 Å². The van der Waals surface area contributed by atoms with Crippen molar-refractivity contribution in [2.45, 2.75) is 50.6 Å². The van der Waals surface area contributed by atoms with E-state index in [1.54, 1.807) is 0 Å². The fourth-order valence-corrected chi connectivity index (χ4v) is 4.86. The van der Waals surface area contributed by atoms with Gasteiger partial charge in [0.15, 0.2) is 0 Å². The molecule has 170 valence electrons. The van der Waals surface area contributed by atoms with Crippen molar-refractivity contribution >= 4 is 17.8 Å². The molecule has 4 rings (SSSR count). The van der Waals surface area contributed by atoms with Gasteiger partial charge in [0.2, 0.25) is 0 Å². The first-order chi connectivity index (χ1) is 15.5. The fourth-order valence-electron chi connectivity index (χ4n) is 4.86. The Bertz CT molecular complexity index is 903. The van der Waals surface area contributed by atoms with Gasteiger partial charge in [-0.25, -0.2) is 4.79 Å². The number of carbonyl (C=O) groups is 3. The number of nitrogens with zero attached hydrogens (tertiary/aromatic N) is 4. The van der Waals surface area contributed by atoms with Crippen LogP contribution in [0.15, 0.2) is 24.3 Å². The Morgan fingerprint density at radius 1 is 1.00 bits per heavy atom. The molecule has 0 unspecified atom stereocenters. The minimum absolute atomic E-state index is 0.148. The summed E-state index contributed by atoms with van der Waals surface area (Å²) in [4.78, 5) is 42.2. The summed E-state index contributed by atoms with van der Waals surface area (Å²) in [5.74, 6) is -0.679. The predicted octanol–water partition coefficient (Wildman–Crippen LogP) is 1.35. The lowest BCUT2D eigenvalue weighted by molar-refractivity contribution is -0.140. The van der Waals surface area contributed by atoms with Crippen LogP contribution in [0.25, 0.3) is 0 Å². The molecule has 0 aromatic heterocycles. The van der Waals surface area contributed by atoms with E-state index >= 15 is 0 Å². The van der Waals surface area contributed by atoms with E-state index in [9.17, 15) is 14.4 Å². The van der Waals surface area contributed by atoms with E-state index in [0.29, 0.717) is 18.4 Å². The van der Waals surface area contributed by atoms with Crippen molar-refractivity contribution in [3.63, 3.8) is 0 Å². The lowest BCUT2D eigenvalue weighted by atomic mass is 9.82. The molecule has 2 heterocycles. The summed E-state index contributed by atoms with van der Waals surface area (Å²) in [6.45, 7) is 4.20. The third-order valence-corrected chi connectivity index (χ3v) is 6.64. The summed E-state index contributed by atoms with van der Waals surface area (Å²) in [5.41, 5.74) is 3.51. The summed E-state index contributed by atoms with van der Waals surface area (Å²) in [6, 6.07) is 9.22. The smallest absolute Gasteiger partial charge is 0.322 e. The molecule has 3 fully saturated rings. The number of rotatable bonds is 5. The van der Waals surface area contributed by atoms with Gasteiger partial charge in [-0.3, -0.25) is 24.8 Å². The fraction of sp³-hybridized carbons (Fsp3) is 0.565. The van der Waals surface area contributed by atoms with E-state index in [0.717, 1.165) is 69.0 Å². The molecule has 1 aliphatic carbocycles. The van der Waals surface area contributed by atoms with Crippen molar-refractivity contribution in [2.24, 2.45) is 0 Å². The van der Waals surface area contributed by atoms with Gasteiger partial charge in [0.05, 0.1) is 18.2 Å². The molecule has 1 spiro atoms. The standard InChI is InChI=1S/C23H30N6O3/c24-15-18-5-7-19(8-6-18)16-27-11-4-12-28(14-13-27)17-20(30)26-29-21(31)23(25-22(29)32)9-2-1-3-10-23/h5-8H,1-4,9-14,16-17H2,(H,25,32)(H,26,30). The Morgan fingerprint density at radius 3 is 2.41 bits per heavy atom. The average Bonchev–Trinajstić information content (AvgIpc) is 2.93. The molecule has 1 aromatic rings.